The molecule has 8 nitrogen and oxygen atoms in total. The van der Waals surface area contributed by atoms with Gasteiger partial charge in [0, 0.05) is 38.0 Å². The second kappa shape index (κ2) is 6.83. The summed E-state index contributed by atoms with van der Waals surface area (Å²) in [6.07, 6.45) is 3.18. The van der Waals surface area contributed by atoms with Gasteiger partial charge in [-0.2, -0.15) is 5.10 Å². The highest BCUT2D eigenvalue weighted by atomic mass is 16.2. The summed E-state index contributed by atoms with van der Waals surface area (Å²) in [5.74, 6) is 0.556. The number of hydrogen-bond donors (Lipinski definition) is 1. The zero-order valence-corrected chi connectivity index (χ0v) is 17.5. The molecule has 0 saturated carbocycles. The average Bonchev–Trinajstić information content (AvgIpc) is 3.27. The predicted molar refractivity (Wildman–Crippen MR) is 117 cm³/mol. The van der Waals surface area contributed by atoms with Gasteiger partial charge in [-0.05, 0) is 38.0 Å². The highest BCUT2D eigenvalue weighted by molar-refractivity contribution is 6.00. The van der Waals surface area contributed by atoms with Gasteiger partial charge in [-0.15, -0.1) is 0 Å². The van der Waals surface area contributed by atoms with E-state index in [1.165, 1.54) is 17.3 Å². The molecule has 5 rings (SSSR count). The van der Waals surface area contributed by atoms with Crippen LogP contribution in [0.15, 0.2) is 30.6 Å². The Morgan fingerprint density at radius 3 is 2.67 bits per heavy atom. The standard InChI is InChI=1S/C22H25N7O/c1-13-4-5-17-15(10-13)11-18(27(17)3)20-19-21(23)24-12-25-22(19)29(26-20)16-6-8-28(9-7-16)14(2)30/h4-5,10-12,16H,6-9H2,1-3H3,(H2,23,24,25). The zero-order valence-electron chi connectivity index (χ0n) is 17.5. The van der Waals surface area contributed by atoms with Crippen molar-refractivity contribution in [2.75, 3.05) is 18.8 Å². The van der Waals surface area contributed by atoms with Crippen LogP contribution in [0.1, 0.15) is 31.4 Å². The molecule has 30 heavy (non-hydrogen) atoms. The number of carbonyl (C=O) groups is 1. The Hall–Kier alpha value is -3.42. The number of nitrogen functional groups attached to an aromatic ring is 1. The highest BCUT2D eigenvalue weighted by Crippen LogP contribution is 2.36. The number of fused-ring (bicyclic) bond motifs is 2. The van der Waals surface area contributed by atoms with Crippen molar-refractivity contribution in [1.29, 1.82) is 0 Å². The smallest absolute Gasteiger partial charge is 0.219 e. The largest absolute Gasteiger partial charge is 0.383 e. The van der Waals surface area contributed by atoms with E-state index >= 15 is 0 Å². The van der Waals surface area contributed by atoms with Gasteiger partial charge >= 0.3 is 0 Å². The van der Waals surface area contributed by atoms with Gasteiger partial charge < -0.3 is 15.2 Å². The Labute approximate surface area is 174 Å². The molecule has 8 heteroatoms. The van der Waals surface area contributed by atoms with Crippen LogP contribution in [-0.4, -0.2) is 48.2 Å². The number of aromatic nitrogens is 5. The summed E-state index contributed by atoms with van der Waals surface area (Å²) < 4.78 is 4.13. The SMILES string of the molecule is CC(=O)N1CCC(n2nc(-c3cc4cc(C)ccc4n3C)c3c(N)ncnc32)CC1. The molecule has 4 aromatic rings. The molecule has 0 unspecified atom stereocenters. The van der Waals surface area contributed by atoms with E-state index in [0.29, 0.717) is 5.82 Å². The van der Waals surface area contributed by atoms with Crippen molar-refractivity contribution >= 4 is 33.7 Å². The molecule has 2 N–H and O–H groups in total. The summed E-state index contributed by atoms with van der Waals surface area (Å²) >= 11 is 0. The van der Waals surface area contributed by atoms with Crippen LogP contribution in [0.5, 0.6) is 0 Å². The summed E-state index contributed by atoms with van der Waals surface area (Å²) in [4.78, 5) is 22.4. The predicted octanol–water partition coefficient (Wildman–Crippen LogP) is 3.06. The number of benzene rings is 1. The van der Waals surface area contributed by atoms with E-state index in [1.54, 1.807) is 6.92 Å². The molecule has 1 aromatic carbocycles. The van der Waals surface area contributed by atoms with E-state index in [0.717, 1.165) is 53.9 Å². The Balaban J connectivity index is 1.66. The van der Waals surface area contributed by atoms with E-state index in [1.807, 2.05) is 16.6 Å². The van der Waals surface area contributed by atoms with E-state index in [4.69, 9.17) is 10.8 Å². The minimum absolute atomic E-state index is 0.122. The number of nitrogens with two attached hydrogens (primary N) is 1. The van der Waals surface area contributed by atoms with Crippen LogP contribution in [0.25, 0.3) is 33.3 Å². The molecule has 0 radical (unpaired) electrons. The third-order valence-corrected chi connectivity index (χ3v) is 6.21. The third-order valence-electron chi connectivity index (χ3n) is 6.21. The fourth-order valence-corrected chi connectivity index (χ4v) is 4.55. The molecule has 0 atom stereocenters. The Morgan fingerprint density at radius 1 is 1.17 bits per heavy atom. The van der Waals surface area contributed by atoms with Crippen LogP contribution in [0.4, 0.5) is 5.82 Å². The van der Waals surface area contributed by atoms with E-state index < -0.39 is 0 Å². The first-order valence-corrected chi connectivity index (χ1v) is 10.2. The van der Waals surface area contributed by atoms with Gasteiger partial charge in [-0.25, -0.2) is 14.6 Å². The maximum Gasteiger partial charge on any atom is 0.219 e. The Bertz CT molecular complexity index is 1280. The van der Waals surface area contributed by atoms with Crippen molar-refractivity contribution < 1.29 is 4.79 Å². The summed E-state index contributed by atoms with van der Waals surface area (Å²) in [6.45, 7) is 5.17. The molecule has 1 aliphatic rings. The quantitative estimate of drug-likeness (QED) is 0.555. The zero-order chi connectivity index (χ0) is 21.0. The van der Waals surface area contributed by atoms with Gasteiger partial charge in [0.1, 0.15) is 17.8 Å². The first kappa shape index (κ1) is 18.6. The number of aryl methyl sites for hydroxylation is 2. The number of carbonyl (C=O) groups excluding carboxylic acids is 1. The maximum absolute atomic E-state index is 11.7. The van der Waals surface area contributed by atoms with Crippen LogP contribution in [0, 0.1) is 6.92 Å². The second-order valence-corrected chi connectivity index (χ2v) is 8.14. The lowest BCUT2D eigenvalue weighted by atomic mass is 10.1. The van der Waals surface area contributed by atoms with Crippen molar-refractivity contribution in [3.05, 3.63) is 36.2 Å². The number of rotatable bonds is 2. The van der Waals surface area contributed by atoms with Gasteiger partial charge in [0.25, 0.3) is 0 Å². The van der Waals surface area contributed by atoms with Gasteiger partial charge in [-0.3, -0.25) is 4.79 Å². The van der Waals surface area contributed by atoms with Crippen molar-refractivity contribution in [1.82, 2.24) is 29.2 Å². The topological polar surface area (TPSA) is 94.9 Å². The molecule has 1 saturated heterocycles. The number of hydrogen-bond acceptors (Lipinski definition) is 5. The molecular formula is C22H25N7O. The normalized spacial score (nSPS) is 15.4. The molecule has 0 aliphatic carbocycles. The number of anilines is 1. The number of nitrogens with zero attached hydrogens (tertiary/aromatic N) is 6. The number of likely N-dealkylation sites (tertiary alicyclic amines) is 1. The molecule has 1 fully saturated rings. The van der Waals surface area contributed by atoms with E-state index in [9.17, 15) is 4.79 Å². The fraction of sp³-hybridized carbons (Fsp3) is 0.364. The minimum atomic E-state index is 0.122. The van der Waals surface area contributed by atoms with Crippen LogP contribution in [-0.2, 0) is 11.8 Å². The Morgan fingerprint density at radius 2 is 1.93 bits per heavy atom. The second-order valence-electron chi connectivity index (χ2n) is 8.14. The van der Waals surface area contributed by atoms with Gasteiger partial charge in [-0.1, -0.05) is 11.6 Å². The van der Waals surface area contributed by atoms with Crippen molar-refractivity contribution in [3.63, 3.8) is 0 Å². The summed E-state index contributed by atoms with van der Waals surface area (Å²) in [6, 6.07) is 8.74. The molecule has 3 aromatic heterocycles. The molecular weight excluding hydrogens is 378 g/mol. The van der Waals surface area contributed by atoms with Crippen molar-refractivity contribution in [2.45, 2.75) is 32.7 Å². The lowest BCUT2D eigenvalue weighted by Crippen LogP contribution is -2.37. The van der Waals surface area contributed by atoms with Crippen LogP contribution < -0.4 is 5.73 Å². The Kier molecular flexibility index (Phi) is 4.23. The lowest BCUT2D eigenvalue weighted by molar-refractivity contribution is -0.130. The third kappa shape index (κ3) is 2.82. The van der Waals surface area contributed by atoms with Crippen molar-refractivity contribution in [3.8, 4) is 11.4 Å². The number of piperidine rings is 1. The average molecular weight is 403 g/mol. The molecule has 0 bridgehead atoms. The van der Waals surface area contributed by atoms with E-state index in [2.05, 4.69) is 45.7 Å². The fourth-order valence-electron chi connectivity index (χ4n) is 4.55. The summed E-state index contributed by atoms with van der Waals surface area (Å²) in [5, 5.41) is 6.96. The molecule has 1 amide bonds. The van der Waals surface area contributed by atoms with Gasteiger partial charge in [0.05, 0.1) is 17.1 Å². The van der Waals surface area contributed by atoms with E-state index in [-0.39, 0.29) is 11.9 Å². The molecule has 1 aliphatic heterocycles. The summed E-state index contributed by atoms with van der Waals surface area (Å²) in [7, 11) is 2.04. The molecule has 4 heterocycles. The van der Waals surface area contributed by atoms with Crippen LogP contribution in [0.2, 0.25) is 0 Å². The van der Waals surface area contributed by atoms with Gasteiger partial charge in [0.15, 0.2) is 5.65 Å². The van der Waals surface area contributed by atoms with Crippen LogP contribution >= 0.6 is 0 Å². The van der Waals surface area contributed by atoms with Crippen molar-refractivity contribution in [2.24, 2.45) is 7.05 Å². The molecule has 154 valence electrons. The van der Waals surface area contributed by atoms with Gasteiger partial charge in [0.2, 0.25) is 5.91 Å². The monoisotopic (exact) mass is 403 g/mol. The van der Waals surface area contributed by atoms with Crippen LogP contribution in [0.3, 0.4) is 0 Å². The first-order valence-electron chi connectivity index (χ1n) is 10.2. The maximum atomic E-state index is 11.7. The first-order chi connectivity index (χ1) is 14.4. The highest BCUT2D eigenvalue weighted by Gasteiger charge is 2.27. The molecule has 0 spiro atoms. The summed E-state index contributed by atoms with van der Waals surface area (Å²) in [5.41, 5.74) is 11.2. The lowest BCUT2D eigenvalue weighted by Gasteiger charge is -2.31. The number of amides is 1. The minimum Gasteiger partial charge on any atom is -0.383 e.